The summed E-state index contributed by atoms with van der Waals surface area (Å²) < 4.78 is 28.7. The first-order chi connectivity index (χ1) is 9.28. The van der Waals surface area contributed by atoms with Crippen molar-refractivity contribution in [1.82, 2.24) is 10.2 Å². The highest BCUT2D eigenvalue weighted by Crippen LogP contribution is 2.20. The summed E-state index contributed by atoms with van der Waals surface area (Å²) in [6, 6.07) is 0.460. The Morgan fingerprint density at radius 1 is 1.35 bits per heavy atom. The number of rotatable bonds is 8. The smallest absolute Gasteiger partial charge is 0.156 e. The minimum Gasteiger partial charge on any atom is -0.383 e. The number of hydrogen-bond acceptors (Lipinski definition) is 5. The molecular weight excluding hydrogens is 276 g/mol. The largest absolute Gasteiger partial charge is 0.383 e. The SMILES string of the molecule is COCCNCC1CCCN1CCS(=O)(=O)C(C)(C)C. The number of likely N-dealkylation sites (tertiary alicyclic amines) is 1. The Morgan fingerprint density at radius 3 is 2.65 bits per heavy atom. The van der Waals surface area contributed by atoms with Crippen molar-refractivity contribution >= 4 is 9.84 Å². The summed E-state index contributed by atoms with van der Waals surface area (Å²) >= 11 is 0. The van der Waals surface area contributed by atoms with Crippen LogP contribution in [0.25, 0.3) is 0 Å². The van der Waals surface area contributed by atoms with Gasteiger partial charge in [-0.3, -0.25) is 4.90 Å². The molecule has 120 valence electrons. The van der Waals surface area contributed by atoms with Crippen LogP contribution in [0.2, 0.25) is 0 Å². The van der Waals surface area contributed by atoms with Crippen molar-refractivity contribution in [1.29, 1.82) is 0 Å². The van der Waals surface area contributed by atoms with Gasteiger partial charge in [0.05, 0.1) is 17.1 Å². The fourth-order valence-electron chi connectivity index (χ4n) is 2.41. The lowest BCUT2D eigenvalue weighted by atomic mass is 10.2. The molecule has 6 heteroatoms. The van der Waals surface area contributed by atoms with Gasteiger partial charge >= 0.3 is 0 Å². The molecule has 1 heterocycles. The van der Waals surface area contributed by atoms with Gasteiger partial charge in [-0.25, -0.2) is 8.42 Å². The van der Waals surface area contributed by atoms with Crippen LogP contribution >= 0.6 is 0 Å². The molecular formula is C14H30N2O3S. The van der Waals surface area contributed by atoms with Gasteiger partial charge in [0.2, 0.25) is 0 Å². The molecule has 1 aliphatic heterocycles. The van der Waals surface area contributed by atoms with E-state index in [1.807, 2.05) is 0 Å². The summed E-state index contributed by atoms with van der Waals surface area (Å²) in [6.07, 6.45) is 2.31. The second-order valence-corrected chi connectivity index (χ2v) is 9.32. The maximum atomic E-state index is 12.2. The Labute approximate surface area is 124 Å². The van der Waals surface area contributed by atoms with Crippen molar-refractivity contribution in [2.45, 2.75) is 44.4 Å². The topological polar surface area (TPSA) is 58.6 Å². The highest BCUT2D eigenvalue weighted by molar-refractivity contribution is 7.92. The second-order valence-electron chi connectivity index (χ2n) is 6.46. The van der Waals surface area contributed by atoms with Gasteiger partial charge in [0.25, 0.3) is 0 Å². The molecule has 0 aliphatic carbocycles. The average molecular weight is 306 g/mol. The highest BCUT2D eigenvalue weighted by atomic mass is 32.2. The van der Waals surface area contributed by atoms with Crippen molar-refractivity contribution in [3.63, 3.8) is 0 Å². The van der Waals surface area contributed by atoms with E-state index in [4.69, 9.17) is 4.74 Å². The fourth-order valence-corrected chi connectivity index (χ4v) is 3.49. The van der Waals surface area contributed by atoms with Gasteiger partial charge in [0.15, 0.2) is 9.84 Å². The summed E-state index contributed by atoms with van der Waals surface area (Å²) in [5.74, 6) is 0.255. The van der Waals surface area contributed by atoms with Gasteiger partial charge in [-0.05, 0) is 40.2 Å². The maximum absolute atomic E-state index is 12.2. The van der Waals surface area contributed by atoms with Gasteiger partial charge < -0.3 is 10.1 Å². The third kappa shape index (κ3) is 5.31. The van der Waals surface area contributed by atoms with Crippen LogP contribution in [0.15, 0.2) is 0 Å². The Balaban J connectivity index is 2.39. The van der Waals surface area contributed by atoms with Gasteiger partial charge in [-0.2, -0.15) is 0 Å². The van der Waals surface area contributed by atoms with E-state index in [1.165, 1.54) is 0 Å². The summed E-state index contributed by atoms with van der Waals surface area (Å²) in [6.45, 7) is 9.46. The van der Waals surface area contributed by atoms with Crippen LogP contribution in [-0.4, -0.2) is 69.8 Å². The standard InChI is InChI=1S/C14H30N2O3S/c1-14(2,3)20(17,18)11-9-16-8-5-6-13(16)12-15-7-10-19-4/h13,15H,5-12H2,1-4H3. The first-order valence-electron chi connectivity index (χ1n) is 7.44. The predicted molar refractivity (Wildman–Crippen MR) is 82.9 cm³/mol. The van der Waals surface area contributed by atoms with Crippen LogP contribution in [0.5, 0.6) is 0 Å². The number of hydrogen-bond donors (Lipinski definition) is 1. The molecule has 1 aliphatic rings. The third-order valence-corrected chi connectivity index (χ3v) is 6.53. The van der Waals surface area contributed by atoms with Crippen molar-refractivity contribution in [2.75, 3.05) is 45.6 Å². The van der Waals surface area contributed by atoms with Crippen LogP contribution in [0.1, 0.15) is 33.6 Å². The van der Waals surface area contributed by atoms with E-state index in [0.717, 1.165) is 32.5 Å². The van der Waals surface area contributed by atoms with Gasteiger partial charge in [0, 0.05) is 32.8 Å². The van der Waals surface area contributed by atoms with E-state index < -0.39 is 14.6 Å². The normalized spacial score (nSPS) is 21.5. The lowest BCUT2D eigenvalue weighted by Crippen LogP contribution is -2.42. The number of sulfone groups is 1. The molecule has 0 spiro atoms. The molecule has 1 fully saturated rings. The fraction of sp³-hybridized carbons (Fsp3) is 1.00. The molecule has 1 saturated heterocycles. The molecule has 0 aromatic heterocycles. The van der Waals surface area contributed by atoms with Gasteiger partial charge in [-0.15, -0.1) is 0 Å². The van der Waals surface area contributed by atoms with Crippen LogP contribution in [0.4, 0.5) is 0 Å². The summed E-state index contributed by atoms with van der Waals surface area (Å²) in [4.78, 5) is 2.31. The lowest BCUT2D eigenvalue weighted by Gasteiger charge is -2.26. The Kier molecular flexibility index (Phi) is 6.91. The lowest BCUT2D eigenvalue weighted by molar-refractivity contribution is 0.193. The van der Waals surface area contributed by atoms with Crippen LogP contribution < -0.4 is 5.32 Å². The van der Waals surface area contributed by atoms with Crippen molar-refractivity contribution in [3.05, 3.63) is 0 Å². The third-order valence-electron chi connectivity index (χ3n) is 3.94. The second kappa shape index (κ2) is 7.73. The zero-order valence-corrected chi connectivity index (χ0v) is 14.1. The number of ether oxygens (including phenoxy) is 1. The zero-order chi connectivity index (χ0) is 15.2. The molecule has 1 rings (SSSR count). The zero-order valence-electron chi connectivity index (χ0n) is 13.3. The first kappa shape index (κ1) is 17.9. The number of nitrogens with zero attached hydrogens (tertiary/aromatic N) is 1. The molecule has 0 amide bonds. The van der Waals surface area contributed by atoms with E-state index >= 15 is 0 Å². The molecule has 5 nitrogen and oxygen atoms in total. The molecule has 0 saturated carbocycles. The Morgan fingerprint density at radius 2 is 2.05 bits per heavy atom. The molecule has 1 unspecified atom stereocenters. The molecule has 20 heavy (non-hydrogen) atoms. The molecule has 1 atom stereocenters. The van der Waals surface area contributed by atoms with Crippen LogP contribution in [-0.2, 0) is 14.6 Å². The predicted octanol–water partition coefficient (Wildman–Crippen LogP) is 0.900. The molecule has 0 bridgehead atoms. The van der Waals surface area contributed by atoms with E-state index in [-0.39, 0.29) is 5.75 Å². The van der Waals surface area contributed by atoms with E-state index in [1.54, 1.807) is 27.9 Å². The Hall–Kier alpha value is -0.170. The van der Waals surface area contributed by atoms with Gasteiger partial charge in [-0.1, -0.05) is 0 Å². The minimum absolute atomic E-state index is 0.255. The number of methoxy groups -OCH3 is 1. The maximum Gasteiger partial charge on any atom is 0.156 e. The van der Waals surface area contributed by atoms with E-state index in [0.29, 0.717) is 19.2 Å². The average Bonchev–Trinajstić information content (AvgIpc) is 2.78. The Bertz CT molecular complexity index is 376. The summed E-state index contributed by atoms with van der Waals surface area (Å²) in [7, 11) is -1.32. The van der Waals surface area contributed by atoms with E-state index in [9.17, 15) is 8.42 Å². The number of nitrogens with one attached hydrogen (secondary N) is 1. The van der Waals surface area contributed by atoms with Crippen LogP contribution in [0, 0.1) is 0 Å². The van der Waals surface area contributed by atoms with Crippen molar-refractivity contribution in [3.8, 4) is 0 Å². The quantitative estimate of drug-likeness (QED) is 0.675. The first-order valence-corrected chi connectivity index (χ1v) is 9.09. The summed E-state index contributed by atoms with van der Waals surface area (Å²) in [5, 5.41) is 3.37. The van der Waals surface area contributed by atoms with E-state index in [2.05, 4.69) is 10.2 Å². The minimum atomic E-state index is -3.02. The molecule has 0 radical (unpaired) electrons. The monoisotopic (exact) mass is 306 g/mol. The van der Waals surface area contributed by atoms with Crippen LogP contribution in [0.3, 0.4) is 0 Å². The van der Waals surface area contributed by atoms with Gasteiger partial charge in [0.1, 0.15) is 0 Å². The summed E-state index contributed by atoms with van der Waals surface area (Å²) in [5.41, 5.74) is 0. The molecule has 0 aromatic carbocycles. The highest BCUT2D eigenvalue weighted by Gasteiger charge is 2.31. The molecule has 1 N–H and O–H groups in total. The van der Waals surface area contributed by atoms with Crippen molar-refractivity contribution < 1.29 is 13.2 Å². The van der Waals surface area contributed by atoms with Crippen molar-refractivity contribution in [2.24, 2.45) is 0 Å². The molecule has 0 aromatic rings.